The largest absolute Gasteiger partial charge is 0.373 e. The Morgan fingerprint density at radius 2 is 0.875 bits per heavy atom. The molecule has 4 aliphatic carbocycles. The average molecular weight is 1970 g/mol. The smallest absolute Gasteiger partial charge is 0.303 e. The van der Waals surface area contributed by atoms with Gasteiger partial charge in [0.2, 0.25) is 0 Å². The number of nitrogens with zero attached hydrogens (tertiary/aromatic N) is 14. The predicted octanol–water partition coefficient (Wildman–Crippen LogP) is 16.6. The molecule has 19 rings (SSSR count). The van der Waals surface area contributed by atoms with E-state index < -0.39 is 48.3 Å². The molecule has 6 atom stereocenters. The first kappa shape index (κ1) is 89.0. The molecule has 7 fully saturated rings. The Kier molecular flexibility index (Phi) is 24.4. The van der Waals surface area contributed by atoms with Gasteiger partial charge in [-0.25, -0.2) is 29.1 Å². The van der Waals surface area contributed by atoms with Gasteiger partial charge in [0, 0.05) is 188 Å². The number of aromatic nitrogens is 6. The fraction of sp³-hybridized carbons (Fsp3) is 0.407. The zero-order chi connectivity index (χ0) is 89.6. The molecular weight excluding hydrogens is 1880 g/mol. The van der Waals surface area contributed by atoms with Crippen molar-refractivity contribution < 1.29 is 57.9 Å². The summed E-state index contributed by atoms with van der Waals surface area (Å²) in [5, 5.41) is 19.2. The van der Waals surface area contributed by atoms with Crippen LogP contribution in [0, 0.1) is 0 Å². The highest BCUT2D eigenvalue weighted by Gasteiger charge is 2.50. The van der Waals surface area contributed by atoms with Crippen LogP contribution in [0.15, 0.2) is 111 Å². The molecule has 9 heterocycles. The normalized spacial score (nSPS) is 21.2. The summed E-state index contributed by atoms with van der Waals surface area (Å²) in [5.74, 6) is -0.231. The van der Waals surface area contributed by atoms with Crippen LogP contribution >= 0.6 is 104 Å². The summed E-state index contributed by atoms with van der Waals surface area (Å²) in [5.41, 5.74) is 10.4. The number of nitrogens with one attached hydrogen (secondary N) is 3. The summed E-state index contributed by atoms with van der Waals surface area (Å²) in [6, 6.07) is 28.5. The van der Waals surface area contributed by atoms with Gasteiger partial charge in [0.25, 0.3) is 17.7 Å². The Morgan fingerprint density at radius 3 is 1.34 bits per heavy atom. The van der Waals surface area contributed by atoms with Gasteiger partial charge in [0.15, 0.2) is 15.4 Å². The van der Waals surface area contributed by atoms with Crippen molar-refractivity contribution in [3.05, 3.63) is 189 Å². The van der Waals surface area contributed by atoms with E-state index in [9.17, 15) is 39.6 Å². The third-order valence-corrected chi connectivity index (χ3v) is 34.7. The molecule has 0 spiro atoms. The van der Waals surface area contributed by atoms with Gasteiger partial charge in [-0.15, -0.1) is 0 Å². The summed E-state index contributed by atoms with van der Waals surface area (Å²) in [6.45, 7) is 5.06. The van der Waals surface area contributed by atoms with E-state index in [1.165, 1.54) is 76.3 Å². The fourth-order valence-electron chi connectivity index (χ4n) is 18.0. The summed E-state index contributed by atoms with van der Waals surface area (Å²) < 4.78 is 113. The zero-order valence-corrected chi connectivity index (χ0v) is 79.6. The van der Waals surface area contributed by atoms with Crippen LogP contribution in [0.4, 0.5) is 15.4 Å². The number of amides is 3. The molecule has 3 aliphatic heterocycles. The van der Waals surface area contributed by atoms with Gasteiger partial charge < -0.3 is 33.0 Å². The number of thiazole rings is 3. The maximum Gasteiger partial charge on any atom is 0.303 e. The van der Waals surface area contributed by atoms with Crippen LogP contribution in [-0.2, 0) is 55.1 Å². The first-order chi connectivity index (χ1) is 61.2. The van der Waals surface area contributed by atoms with E-state index in [0.717, 1.165) is 127 Å². The molecule has 4 saturated carbocycles. The number of carbonyl (C=O) groups excluding carboxylic acids is 3. The van der Waals surface area contributed by atoms with Gasteiger partial charge in [-0.1, -0.05) is 125 Å². The van der Waals surface area contributed by atoms with Crippen molar-refractivity contribution in [3.8, 4) is 33.8 Å². The van der Waals surface area contributed by atoms with E-state index in [4.69, 9.17) is 113 Å². The zero-order valence-electron chi connectivity index (χ0n) is 70.2. The van der Waals surface area contributed by atoms with Crippen molar-refractivity contribution in [1.82, 2.24) is 67.3 Å². The van der Waals surface area contributed by atoms with Crippen LogP contribution in [0.2, 0.25) is 30.1 Å². The minimum Gasteiger partial charge on any atom is -0.373 e. The van der Waals surface area contributed by atoms with Crippen LogP contribution in [0.5, 0.6) is 0 Å². The second kappa shape index (κ2) is 35.1. The van der Waals surface area contributed by atoms with Crippen molar-refractivity contribution in [2.75, 3.05) is 103 Å². The molecule has 7 aliphatic rings. The topological polar surface area (TPSA) is 342 Å². The standard InChI is InChI=1S/C86H87Cl6N17O13S6/c1-102(2)126(113,114)99-81(110)44-13-22-66-69(33-44)123-84(93-66)105(7)49-18-20-52(21-19-49)119-42-59-77(98-120-78(59)43-11-12-43)74-64(91)31-48(32-65(74)92)54-37-56(54)80-58(41-107-38-50-16-17-51(39-107)109(50)86-95-68-24-15-46(35-71(68)125-86)83(112)101-128(117,118)104(5)6)76(97-122-80)73-62(89)29-47(30-63(73)90)53-36-55(53)79-57(75(96-121-79)72-60(87)9-8-10-61(72)88)40-106-25-27-108(28-26-106)85-94-67-23-14-45(34-70(67)124-85)82(111)100-127(115,116)103(3)4/h8-10,13-15,22-24,29-35,43,49-56H,11-12,16-21,25-28,36-42H2,1-7H3,(H,99,110)(H,100,111)(H,101,112). The number of likely N-dealkylation sites (tertiary alicyclic amines) is 1. The van der Waals surface area contributed by atoms with Crippen LogP contribution in [-0.4, -0.2) is 209 Å². The SMILES string of the molecule is CN(c1nc2ccc(C(=O)NS(=O)(=O)N(C)C)cc2s1)C1CCC(OCc2c(-c3c(Cl)cc(C4CC4c4onc(-c5c(Cl)cc(C6CC6c6onc(-c7c(Cl)cccc7Cl)c6CN6CCN(c7nc8ccc(C(=O)NS(=O)(=O)N(C)C)cc8s7)CC6)cc5Cl)c4CN4CC5CCC(C4)N5c4nc5ccc(C(=O)NS(=O)(=O)N(C)C)cc5s4)cc3Cl)noc2C2CC2)CC1. The molecule has 6 unspecified atom stereocenters. The lowest BCUT2D eigenvalue weighted by Gasteiger charge is -2.41. The van der Waals surface area contributed by atoms with E-state index in [-0.39, 0.29) is 77.1 Å². The van der Waals surface area contributed by atoms with Crippen molar-refractivity contribution in [3.63, 3.8) is 0 Å². The van der Waals surface area contributed by atoms with E-state index in [1.807, 2.05) is 31.3 Å². The number of hydrogen-bond donors (Lipinski definition) is 3. The number of rotatable bonds is 28. The van der Waals surface area contributed by atoms with Gasteiger partial charge in [0.05, 0.1) is 73.5 Å². The molecule has 30 nitrogen and oxygen atoms in total. The number of carbonyl (C=O) groups is 3. The molecule has 3 saturated heterocycles. The van der Waals surface area contributed by atoms with Crippen molar-refractivity contribution in [2.24, 2.45) is 0 Å². The Bertz CT molecular complexity index is 6720. The molecule has 0 radical (unpaired) electrons. The number of benzene rings is 6. The van der Waals surface area contributed by atoms with E-state index in [2.05, 4.69) is 43.8 Å². The van der Waals surface area contributed by atoms with Gasteiger partial charge in [-0.2, -0.15) is 38.2 Å². The fourth-order valence-corrected chi connectivity index (χ4v) is 24.8. The summed E-state index contributed by atoms with van der Waals surface area (Å²) >= 11 is 48.6. The van der Waals surface area contributed by atoms with Crippen molar-refractivity contribution in [1.29, 1.82) is 0 Å². The van der Waals surface area contributed by atoms with Gasteiger partial charge in [-0.05, 0) is 178 Å². The Labute approximate surface area is 780 Å². The van der Waals surface area contributed by atoms with Gasteiger partial charge in [-0.3, -0.25) is 24.2 Å². The molecule has 12 aromatic rings. The minimum absolute atomic E-state index is 0.0490. The van der Waals surface area contributed by atoms with E-state index >= 15 is 0 Å². The average Bonchev–Trinajstić information content (AvgIpc) is 1.58. The Balaban J connectivity index is 0.569. The number of fused-ring (bicyclic) bond motifs is 5. The first-order valence-corrected chi connectivity index (χ1v) is 50.9. The second-order valence-corrected chi connectivity index (χ2v) is 45.5. The van der Waals surface area contributed by atoms with Crippen molar-refractivity contribution in [2.45, 2.75) is 138 Å². The molecule has 3 N–H and O–H groups in total. The maximum absolute atomic E-state index is 13.3. The van der Waals surface area contributed by atoms with Gasteiger partial charge in [0.1, 0.15) is 34.4 Å². The molecule has 128 heavy (non-hydrogen) atoms. The van der Waals surface area contributed by atoms with E-state index in [1.54, 1.807) is 72.8 Å². The minimum atomic E-state index is -4.03. The number of hydrogen-bond acceptors (Lipinski definition) is 27. The molecular formula is C86H87Cl6N17O13S6. The lowest BCUT2D eigenvalue weighted by molar-refractivity contribution is 0.0131. The highest BCUT2D eigenvalue weighted by molar-refractivity contribution is 7.88. The number of piperazine rings is 2. The summed E-state index contributed by atoms with van der Waals surface area (Å²) in [7, 11) is -1.88. The second-order valence-electron chi connectivity index (χ2n) is 34.4. The molecule has 6 aromatic carbocycles. The van der Waals surface area contributed by atoms with E-state index in [0.29, 0.717) is 157 Å². The molecule has 42 heteroatoms. The summed E-state index contributed by atoms with van der Waals surface area (Å²) in [4.78, 5) is 65.7. The Morgan fingerprint density at radius 1 is 0.461 bits per heavy atom. The van der Waals surface area contributed by atoms with Crippen LogP contribution in [0.1, 0.15) is 170 Å². The lowest BCUT2D eigenvalue weighted by Crippen LogP contribution is -2.53. The monoisotopic (exact) mass is 1970 g/mol. The number of halogens is 6. The van der Waals surface area contributed by atoms with Crippen LogP contribution < -0.4 is 28.9 Å². The lowest BCUT2D eigenvalue weighted by atomic mass is 9.92. The molecule has 6 aromatic heterocycles. The maximum atomic E-state index is 13.3. The van der Waals surface area contributed by atoms with Crippen LogP contribution in [0.3, 0.4) is 0 Å². The summed E-state index contributed by atoms with van der Waals surface area (Å²) in [6.07, 6.45) is 8.35. The van der Waals surface area contributed by atoms with Crippen molar-refractivity contribution >= 4 is 198 Å². The van der Waals surface area contributed by atoms with Gasteiger partial charge >= 0.3 is 30.6 Å². The first-order valence-electron chi connectivity index (χ1n) is 41.8. The van der Waals surface area contributed by atoms with Crippen LogP contribution in [0.25, 0.3) is 64.4 Å². The number of anilines is 3. The third kappa shape index (κ3) is 17.6. The molecule has 672 valence electrons. The predicted molar refractivity (Wildman–Crippen MR) is 498 cm³/mol. The molecule has 2 bridgehead atoms. The highest BCUT2D eigenvalue weighted by Crippen LogP contribution is 2.61. The number of ether oxygens (including phenoxy) is 1. The highest BCUT2D eigenvalue weighted by atomic mass is 35.5. The third-order valence-electron chi connectivity index (χ3n) is 25.5. The quantitative estimate of drug-likeness (QED) is 0.0410. The Hall–Kier alpha value is -8.22. The molecule has 3 amide bonds.